The standard InChI is InChI=1S/C26H21ClN2O4/c1-16-7-10-18(13-22(16)27)28-25(30)15-33-26(31)21-14-24(17-8-11-19(32-2)12-9-17)29-23-6-4-3-5-20(21)23/h3-14H,15H2,1-2H3,(H,28,30). The van der Waals surface area contributed by atoms with Gasteiger partial charge in [0.05, 0.1) is 23.9 Å². The van der Waals surface area contributed by atoms with Gasteiger partial charge < -0.3 is 14.8 Å². The predicted molar refractivity (Wildman–Crippen MR) is 129 cm³/mol. The number of esters is 1. The first-order chi connectivity index (χ1) is 15.9. The lowest BCUT2D eigenvalue weighted by molar-refractivity contribution is -0.119. The summed E-state index contributed by atoms with van der Waals surface area (Å²) in [6, 6.07) is 21.5. The number of carbonyl (C=O) groups excluding carboxylic acids is 2. The predicted octanol–water partition coefficient (Wildman–Crippen LogP) is 5.67. The number of aromatic nitrogens is 1. The first-order valence-electron chi connectivity index (χ1n) is 10.2. The van der Waals surface area contributed by atoms with E-state index in [4.69, 9.17) is 21.1 Å². The van der Waals surface area contributed by atoms with Gasteiger partial charge in [0.2, 0.25) is 0 Å². The van der Waals surface area contributed by atoms with E-state index in [1.807, 2.05) is 49.4 Å². The molecule has 33 heavy (non-hydrogen) atoms. The Morgan fingerprint density at radius 3 is 2.48 bits per heavy atom. The van der Waals surface area contributed by atoms with E-state index >= 15 is 0 Å². The molecule has 0 spiro atoms. The Labute approximate surface area is 196 Å². The highest BCUT2D eigenvalue weighted by atomic mass is 35.5. The van der Waals surface area contributed by atoms with Crippen LogP contribution in [0, 0.1) is 6.92 Å². The number of carbonyl (C=O) groups is 2. The van der Waals surface area contributed by atoms with E-state index in [0.29, 0.717) is 32.9 Å². The number of methoxy groups -OCH3 is 1. The summed E-state index contributed by atoms with van der Waals surface area (Å²) in [7, 11) is 1.60. The molecule has 0 unspecified atom stereocenters. The number of nitrogens with one attached hydrogen (secondary N) is 1. The highest BCUT2D eigenvalue weighted by Crippen LogP contribution is 2.27. The van der Waals surface area contributed by atoms with Crippen molar-refractivity contribution < 1.29 is 19.1 Å². The third-order valence-electron chi connectivity index (χ3n) is 5.11. The maximum absolute atomic E-state index is 12.9. The fraction of sp³-hybridized carbons (Fsp3) is 0.115. The van der Waals surface area contributed by atoms with E-state index in [2.05, 4.69) is 10.3 Å². The minimum absolute atomic E-state index is 0.331. The molecule has 1 heterocycles. The van der Waals surface area contributed by atoms with Crippen molar-refractivity contribution in [1.82, 2.24) is 4.98 Å². The second-order valence-electron chi connectivity index (χ2n) is 7.39. The van der Waals surface area contributed by atoms with Crippen LogP contribution in [0.1, 0.15) is 15.9 Å². The van der Waals surface area contributed by atoms with Crippen LogP contribution in [-0.2, 0) is 9.53 Å². The summed E-state index contributed by atoms with van der Waals surface area (Å²) in [6.07, 6.45) is 0. The van der Waals surface area contributed by atoms with Crippen LogP contribution in [0.4, 0.5) is 5.69 Å². The molecule has 4 rings (SSSR count). The maximum Gasteiger partial charge on any atom is 0.339 e. The molecule has 0 radical (unpaired) electrons. The van der Waals surface area contributed by atoms with Crippen molar-refractivity contribution in [2.24, 2.45) is 0 Å². The van der Waals surface area contributed by atoms with E-state index in [1.165, 1.54) is 0 Å². The Balaban J connectivity index is 1.55. The molecule has 6 nitrogen and oxygen atoms in total. The molecule has 0 saturated heterocycles. The number of ether oxygens (including phenoxy) is 2. The van der Waals surface area contributed by atoms with Gasteiger partial charge >= 0.3 is 5.97 Å². The molecule has 3 aromatic carbocycles. The number of fused-ring (bicyclic) bond motifs is 1. The Morgan fingerprint density at radius 2 is 1.76 bits per heavy atom. The van der Waals surface area contributed by atoms with Crippen LogP contribution in [-0.4, -0.2) is 30.6 Å². The zero-order chi connectivity index (χ0) is 23.4. The molecule has 0 atom stereocenters. The summed E-state index contributed by atoms with van der Waals surface area (Å²) in [5.41, 5.74) is 3.85. The summed E-state index contributed by atoms with van der Waals surface area (Å²) < 4.78 is 10.5. The number of rotatable bonds is 6. The van der Waals surface area contributed by atoms with Gasteiger partial charge in [-0.2, -0.15) is 0 Å². The van der Waals surface area contributed by atoms with Crippen LogP contribution in [0.15, 0.2) is 72.8 Å². The molecule has 0 bridgehead atoms. The zero-order valence-electron chi connectivity index (χ0n) is 18.1. The van der Waals surface area contributed by atoms with Crippen LogP contribution < -0.4 is 10.1 Å². The summed E-state index contributed by atoms with van der Waals surface area (Å²) in [5, 5.41) is 3.86. The summed E-state index contributed by atoms with van der Waals surface area (Å²) in [4.78, 5) is 29.9. The maximum atomic E-state index is 12.9. The smallest absolute Gasteiger partial charge is 0.339 e. The van der Waals surface area contributed by atoms with Gasteiger partial charge in [-0.3, -0.25) is 4.79 Å². The molecule has 1 N–H and O–H groups in total. The Morgan fingerprint density at radius 1 is 1.00 bits per heavy atom. The Hall–Kier alpha value is -3.90. The molecule has 4 aromatic rings. The van der Waals surface area contributed by atoms with Crippen LogP contribution >= 0.6 is 11.6 Å². The fourth-order valence-corrected chi connectivity index (χ4v) is 3.51. The lowest BCUT2D eigenvalue weighted by Gasteiger charge is -2.11. The highest BCUT2D eigenvalue weighted by Gasteiger charge is 2.17. The number of halogens is 1. The number of aryl methyl sites for hydroxylation is 1. The summed E-state index contributed by atoms with van der Waals surface area (Å²) >= 11 is 6.09. The number of benzene rings is 3. The second kappa shape index (κ2) is 9.71. The molecule has 7 heteroatoms. The van der Waals surface area contributed by atoms with Crippen LogP contribution in [0.2, 0.25) is 5.02 Å². The van der Waals surface area contributed by atoms with E-state index in [9.17, 15) is 9.59 Å². The van der Waals surface area contributed by atoms with Crippen molar-refractivity contribution in [3.8, 4) is 17.0 Å². The van der Waals surface area contributed by atoms with Gasteiger partial charge in [-0.05, 0) is 61.0 Å². The van der Waals surface area contributed by atoms with E-state index in [-0.39, 0.29) is 0 Å². The van der Waals surface area contributed by atoms with Gasteiger partial charge in [-0.25, -0.2) is 9.78 Å². The quantitative estimate of drug-likeness (QED) is 0.375. The van der Waals surface area contributed by atoms with Gasteiger partial charge in [0.25, 0.3) is 5.91 Å². The molecule has 166 valence electrons. The highest BCUT2D eigenvalue weighted by molar-refractivity contribution is 6.31. The lowest BCUT2D eigenvalue weighted by Crippen LogP contribution is -2.21. The van der Waals surface area contributed by atoms with Crippen molar-refractivity contribution in [1.29, 1.82) is 0 Å². The monoisotopic (exact) mass is 460 g/mol. The Kier molecular flexibility index (Phi) is 6.56. The van der Waals surface area contributed by atoms with Crippen molar-refractivity contribution in [3.63, 3.8) is 0 Å². The topological polar surface area (TPSA) is 77.5 Å². The zero-order valence-corrected chi connectivity index (χ0v) is 18.8. The molecule has 0 saturated carbocycles. The number of pyridine rings is 1. The molecular formula is C26H21ClN2O4. The molecule has 0 aliphatic rings. The van der Waals surface area contributed by atoms with Crippen molar-refractivity contribution >= 4 is 40.1 Å². The normalized spacial score (nSPS) is 10.6. The van der Waals surface area contributed by atoms with Crippen molar-refractivity contribution in [3.05, 3.63) is 88.9 Å². The molecule has 0 aliphatic heterocycles. The third kappa shape index (κ3) is 5.13. The number of amides is 1. The lowest BCUT2D eigenvalue weighted by atomic mass is 10.0. The number of anilines is 1. The first-order valence-corrected chi connectivity index (χ1v) is 10.6. The van der Waals surface area contributed by atoms with Gasteiger partial charge in [0, 0.05) is 21.7 Å². The summed E-state index contributed by atoms with van der Waals surface area (Å²) in [5.74, 6) is -0.350. The van der Waals surface area contributed by atoms with Crippen molar-refractivity contribution in [2.75, 3.05) is 19.0 Å². The van der Waals surface area contributed by atoms with Crippen molar-refractivity contribution in [2.45, 2.75) is 6.92 Å². The number of para-hydroxylation sites is 1. The minimum Gasteiger partial charge on any atom is -0.497 e. The molecule has 0 aliphatic carbocycles. The average molecular weight is 461 g/mol. The fourth-order valence-electron chi connectivity index (χ4n) is 3.33. The van der Waals surface area contributed by atoms with Gasteiger partial charge in [0.15, 0.2) is 6.61 Å². The van der Waals surface area contributed by atoms with E-state index < -0.39 is 18.5 Å². The van der Waals surface area contributed by atoms with Gasteiger partial charge in [0.1, 0.15) is 5.75 Å². The minimum atomic E-state index is -0.611. The largest absolute Gasteiger partial charge is 0.497 e. The summed E-state index contributed by atoms with van der Waals surface area (Å²) in [6.45, 7) is 1.44. The average Bonchev–Trinajstić information content (AvgIpc) is 2.84. The van der Waals surface area contributed by atoms with Crippen LogP contribution in [0.3, 0.4) is 0 Å². The van der Waals surface area contributed by atoms with Crippen LogP contribution in [0.5, 0.6) is 5.75 Å². The second-order valence-corrected chi connectivity index (χ2v) is 7.80. The van der Waals surface area contributed by atoms with E-state index in [1.54, 1.807) is 37.4 Å². The molecular weight excluding hydrogens is 440 g/mol. The van der Waals surface area contributed by atoms with Gasteiger partial charge in [-0.1, -0.05) is 35.9 Å². The SMILES string of the molecule is COc1ccc(-c2cc(C(=O)OCC(=O)Nc3ccc(C)c(Cl)c3)c3ccccc3n2)cc1. The van der Waals surface area contributed by atoms with Gasteiger partial charge in [-0.15, -0.1) is 0 Å². The van der Waals surface area contributed by atoms with Crippen LogP contribution in [0.25, 0.3) is 22.2 Å². The molecule has 1 amide bonds. The Bertz CT molecular complexity index is 1340. The number of hydrogen-bond acceptors (Lipinski definition) is 5. The van der Waals surface area contributed by atoms with E-state index in [0.717, 1.165) is 16.9 Å². The third-order valence-corrected chi connectivity index (χ3v) is 5.52. The molecule has 1 aromatic heterocycles. The number of hydrogen-bond donors (Lipinski definition) is 1. The number of nitrogens with zero attached hydrogens (tertiary/aromatic N) is 1. The molecule has 0 fully saturated rings. The first kappa shape index (κ1) is 22.3.